The van der Waals surface area contributed by atoms with Crippen molar-refractivity contribution < 1.29 is 14.7 Å². The zero-order valence-corrected chi connectivity index (χ0v) is 11.8. The Morgan fingerprint density at radius 2 is 1.91 bits per heavy atom. The fourth-order valence-corrected chi connectivity index (χ4v) is 2.29. The number of carboxylic acids is 1. The largest absolute Gasteiger partial charge is 0.480 e. The van der Waals surface area contributed by atoms with Crippen LogP contribution in [0.3, 0.4) is 0 Å². The number of aliphatic carboxylic acids is 1. The molecule has 116 valence electrons. The maximum absolute atomic E-state index is 12.6. The van der Waals surface area contributed by atoms with Crippen LogP contribution in [0.4, 0.5) is 0 Å². The first-order chi connectivity index (χ1) is 10.5. The zero-order chi connectivity index (χ0) is 16.1. The number of H-pyrrole nitrogens is 1. The maximum Gasteiger partial charge on any atom is 0.321 e. The van der Waals surface area contributed by atoms with Crippen molar-refractivity contribution in [2.24, 2.45) is 11.5 Å². The average molecular weight is 302 g/mol. The molecule has 6 N–H and O–H groups in total. The third-order valence-corrected chi connectivity index (χ3v) is 3.45. The van der Waals surface area contributed by atoms with Crippen molar-refractivity contribution in [3.8, 4) is 0 Å². The summed E-state index contributed by atoms with van der Waals surface area (Å²) in [7, 11) is 0. The van der Waals surface area contributed by atoms with Crippen LogP contribution >= 0.6 is 0 Å². The Labute approximate surface area is 127 Å². The summed E-state index contributed by atoms with van der Waals surface area (Å²) in [6, 6.07) is 7.03. The highest BCUT2D eigenvalue weighted by atomic mass is 16.4. The van der Waals surface area contributed by atoms with Gasteiger partial charge in [0.2, 0.25) is 0 Å². The molecule has 0 aliphatic heterocycles. The molecule has 3 unspecified atom stereocenters. The molecule has 0 aliphatic carbocycles. The lowest BCUT2D eigenvalue weighted by molar-refractivity contribution is -0.141. The van der Waals surface area contributed by atoms with Crippen molar-refractivity contribution in [2.75, 3.05) is 0 Å². The number of rotatable bonds is 7. The number of imidazole rings is 1. The molecular formula is C15H18N4O3. The average Bonchev–Trinajstić information content (AvgIpc) is 3.02. The van der Waals surface area contributed by atoms with Crippen LogP contribution in [-0.2, 0) is 16.0 Å². The molecule has 2 aromatic rings. The van der Waals surface area contributed by atoms with E-state index in [1.807, 2.05) is 30.3 Å². The lowest BCUT2D eigenvalue weighted by Gasteiger charge is -2.21. The van der Waals surface area contributed by atoms with Gasteiger partial charge in [0, 0.05) is 6.20 Å². The van der Waals surface area contributed by atoms with Gasteiger partial charge >= 0.3 is 5.97 Å². The molecule has 0 bridgehead atoms. The van der Waals surface area contributed by atoms with Gasteiger partial charge in [-0.1, -0.05) is 30.3 Å². The highest BCUT2D eigenvalue weighted by Gasteiger charge is 2.36. The number of benzene rings is 1. The van der Waals surface area contributed by atoms with E-state index in [0.29, 0.717) is 6.42 Å². The van der Waals surface area contributed by atoms with Crippen molar-refractivity contribution in [1.82, 2.24) is 9.97 Å². The van der Waals surface area contributed by atoms with Crippen LogP contribution < -0.4 is 11.5 Å². The van der Waals surface area contributed by atoms with Crippen molar-refractivity contribution >= 4 is 11.8 Å². The number of aromatic nitrogens is 2. The van der Waals surface area contributed by atoms with Crippen LogP contribution in [0.2, 0.25) is 0 Å². The second-order valence-electron chi connectivity index (χ2n) is 5.03. The first kappa shape index (κ1) is 15.9. The standard InChI is InChI=1S/C15H18N4O3/c16-10(6-9-4-2-1-3-5-9)14(20)12(13(17)15(21)22)11-7-18-8-19-11/h1-5,7-8,10,12-13H,6,16-17H2,(H,18,19)(H,21,22). The minimum Gasteiger partial charge on any atom is -0.480 e. The molecule has 0 saturated carbocycles. The lowest BCUT2D eigenvalue weighted by Crippen LogP contribution is -2.47. The third kappa shape index (κ3) is 3.57. The predicted molar refractivity (Wildman–Crippen MR) is 80.1 cm³/mol. The highest BCUT2D eigenvalue weighted by molar-refractivity contribution is 5.95. The van der Waals surface area contributed by atoms with Gasteiger partial charge in [0.05, 0.1) is 24.0 Å². The number of nitrogens with zero attached hydrogens (tertiary/aromatic N) is 1. The summed E-state index contributed by atoms with van der Waals surface area (Å²) in [6.45, 7) is 0. The number of ketones is 1. The predicted octanol–water partition coefficient (Wildman–Crippen LogP) is 0.0443. The molecule has 1 heterocycles. The number of hydrogen-bond donors (Lipinski definition) is 4. The molecule has 7 heteroatoms. The van der Waals surface area contributed by atoms with Gasteiger partial charge in [-0.05, 0) is 12.0 Å². The number of nitrogens with two attached hydrogens (primary N) is 2. The number of nitrogens with one attached hydrogen (secondary N) is 1. The zero-order valence-electron chi connectivity index (χ0n) is 11.8. The van der Waals surface area contributed by atoms with Gasteiger partial charge < -0.3 is 21.6 Å². The van der Waals surface area contributed by atoms with Crippen LogP contribution in [0.15, 0.2) is 42.9 Å². The molecule has 0 spiro atoms. The van der Waals surface area contributed by atoms with Crippen molar-refractivity contribution in [2.45, 2.75) is 24.4 Å². The first-order valence-corrected chi connectivity index (χ1v) is 6.81. The van der Waals surface area contributed by atoms with Crippen molar-refractivity contribution in [1.29, 1.82) is 0 Å². The Morgan fingerprint density at radius 3 is 2.45 bits per heavy atom. The molecule has 1 aromatic carbocycles. The van der Waals surface area contributed by atoms with Gasteiger partial charge in [0.25, 0.3) is 0 Å². The Hall–Kier alpha value is -2.51. The van der Waals surface area contributed by atoms with E-state index in [-0.39, 0.29) is 5.69 Å². The Morgan fingerprint density at radius 1 is 1.23 bits per heavy atom. The number of carboxylic acid groups (broad SMARTS) is 1. The van der Waals surface area contributed by atoms with E-state index in [2.05, 4.69) is 9.97 Å². The molecule has 0 radical (unpaired) electrons. The topological polar surface area (TPSA) is 135 Å². The number of hydrogen-bond acceptors (Lipinski definition) is 5. The SMILES string of the molecule is NC(Cc1ccccc1)C(=O)C(c1c[nH]cn1)C(N)C(=O)O. The summed E-state index contributed by atoms with van der Waals surface area (Å²) in [5.74, 6) is -2.79. The first-order valence-electron chi connectivity index (χ1n) is 6.81. The maximum atomic E-state index is 12.6. The monoisotopic (exact) mass is 302 g/mol. The minimum atomic E-state index is -1.39. The van der Waals surface area contributed by atoms with Crippen LogP contribution in [0.25, 0.3) is 0 Å². The molecule has 0 amide bonds. The number of aromatic amines is 1. The van der Waals surface area contributed by atoms with Gasteiger partial charge in [-0.25, -0.2) is 4.98 Å². The van der Waals surface area contributed by atoms with E-state index in [0.717, 1.165) is 5.56 Å². The molecular weight excluding hydrogens is 284 g/mol. The fourth-order valence-electron chi connectivity index (χ4n) is 2.29. The minimum absolute atomic E-state index is 0.281. The second kappa shape index (κ2) is 6.97. The van der Waals surface area contributed by atoms with E-state index in [9.17, 15) is 9.59 Å². The number of carbonyl (C=O) groups is 2. The Balaban J connectivity index is 2.20. The van der Waals surface area contributed by atoms with Gasteiger partial charge in [-0.15, -0.1) is 0 Å². The van der Waals surface area contributed by atoms with E-state index in [1.54, 1.807) is 0 Å². The van der Waals surface area contributed by atoms with Gasteiger partial charge in [-0.3, -0.25) is 9.59 Å². The van der Waals surface area contributed by atoms with Crippen molar-refractivity contribution in [3.05, 3.63) is 54.1 Å². The van der Waals surface area contributed by atoms with E-state index < -0.39 is 29.8 Å². The summed E-state index contributed by atoms with van der Waals surface area (Å²) in [6.07, 6.45) is 3.14. The summed E-state index contributed by atoms with van der Waals surface area (Å²) < 4.78 is 0. The fraction of sp³-hybridized carbons (Fsp3) is 0.267. The third-order valence-electron chi connectivity index (χ3n) is 3.45. The van der Waals surface area contributed by atoms with Gasteiger partial charge in [0.15, 0.2) is 5.78 Å². The molecule has 1 aromatic heterocycles. The normalized spacial score (nSPS) is 15.0. The lowest BCUT2D eigenvalue weighted by atomic mass is 9.87. The molecule has 0 fully saturated rings. The highest BCUT2D eigenvalue weighted by Crippen LogP contribution is 2.20. The number of Topliss-reactive ketones (excluding diaryl/α,β-unsaturated/α-hetero) is 1. The molecule has 7 nitrogen and oxygen atoms in total. The summed E-state index contributed by atoms with van der Waals surface area (Å²) >= 11 is 0. The van der Waals surface area contributed by atoms with Crippen LogP contribution in [0.5, 0.6) is 0 Å². The number of carbonyl (C=O) groups excluding carboxylic acids is 1. The van der Waals surface area contributed by atoms with Crippen LogP contribution in [-0.4, -0.2) is 38.9 Å². The van der Waals surface area contributed by atoms with E-state index >= 15 is 0 Å². The van der Waals surface area contributed by atoms with Gasteiger partial charge in [-0.2, -0.15) is 0 Å². The quantitative estimate of drug-likeness (QED) is 0.570. The van der Waals surface area contributed by atoms with Gasteiger partial charge in [0.1, 0.15) is 6.04 Å². The second-order valence-corrected chi connectivity index (χ2v) is 5.03. The smallest absolute Gasteiger partial charge is 0.321 e. The van der Waals surface area contributed by atoms with Crippen LogP contribution in [0, 0.1) is 0 Å². The van der Waals surface area contributed by atoms with E-state index in [4.69, 9.17) is 16.6 Å². The van der Waals surface area contributed by atoms with E-state index in [1.165, 1.54) is 12.5 Å². The summed E-state index contributed by atoms with van der Waals surface area (Å²) in [4.78, 5) is 30.4. The molecule has 22 heavy (non-hydrogen) atoms. The Kier molecular flexibility index (Phi) is 5.03. The molecule has 0 aliphatic rings. The molecule has 2 rings (SSSR count). The summed E-state index contributed by atoms with van der Waals surface area (Å²) in [5, 5.41) is 9.12. The Bertz CT molecular complexity index is 628. The summed E-state index contributed by atoms with van der Waals surface area (Å²) in [5.41, 5.74) is 12.8. The van der Waals surface area contributed by atoms with Crippen LogP contribution in [0.1, 0.15) is 17.2 Å². The van der Waals surface area contributed by atoms with Crippen molar-refractivity contribution in [3.63, 3.8) is 0 Å². The molecule has 0 saturated heterocycles. The molecule has 3 atom stereocenters.